The number of benzene rings is 1. The first-order valence-electron chi connectivity index (χ1n) is 5.48. The number of allylic oxidation sites excluding steroid dienone is 5. The number of nitrogen functional groups attached to an aromatic ring is 1. The number of hydrogen-bond acceptors (Lipinski definition) is 2. The van der Waals surface area contributed by atoms with E-state index in [4.69, 9.17) is 23.1 Å². The summed E-state index contributed by atoms with van der Waals surface area (Å²) < 4.78 is 0. The molecule has 0 fully saturated rings. The maximum absolute atomic E-state index is 6.09. The Morgan fingerprint density at radius 2 is 1.94 bits per heavy atom. The van der Waals surface area contributed by atoms with Crippen molar-refractivity contribution in [2.75, 3.05) is 5.73 Å². The molecule has 0 unspecified atom stereocenters. The highest BCUT2D eigenvalue weighted by Crippen LogP contribution is 2.26. The molecular formula is C14H15ClN2. The second-order valence-corrected chi connectivity index (χ2v) is 4.53. The van der Waals surface area contributed by atoms with Crippen LogP contribution in [0.25, 0.3) is 5.57 Å². The Balaban J connectivity index is 2.41. The van der Waals surface area contributed by atoms with Gasteiger partial charge in [-0.15, -0.1) is 0 Å². The van der Waals surface area contributed by atoms with E-state index >= 15 is 0 Å². The van der Waals surface area contributed by atoms with Gasteiger partial charge in [0.25, 0.3) is 0 Å². The molecule has 0 saturated carbocycles. The summed E-state index contributed by atoms with van der Waals surface area (Å²) >= 11 is 6.09. The molecule has 0 atom stereocenters. The Morgan fingerprint density at radius 1 is 1.18 bits per heavy atom. The molecule has 17 heavy (non-hydrogen) atoms. The Bertz CT molecular complexity index is 539. The van der Waals surface area contributed by atoms with Gasteiger partial charge in [-0.2, -0.15) is 0 Å². The molecule has 0 aromatic heterocycles. The second-order valence-electron chi connectivity index (χ2n) is 4.12. The van der Waals surface area contributed by atoms with E-state index in [0.29, 0.717) is 10.7 Å². The zero-order valence-electron chi connectivity index (χ0n) is 9.70. The van der Waals surface area contributed by atoms with Gasteiger partial charge < -0.3 is 11.5 Å². The van der Waals surface area contributed by atoms with Crippen molar-refractivity contribution < 1.29 is 0 Å². The third kappa shape index (κ3) is 2.53. The van der Waals surface area contributed by atoms with E-state index in [2.05, 4.69) is 12.1 Å². The average Bonchev–Trinajstić information content (AvgIpc) is 2.46. The third-order valence-electron chi connectivity index (χ3n) is 2.84. The molecule has 0 radical (unpaired) electrons. The number of rotatable bonds is 1. The van der Waals surface area contributed by atoms with Gasteiger partial charge in [0.2, 0.25) is 0 Å². The van der Waals surface area contributed by atoms with Crippen LogP contribution < -0.4 is 11.5 Å². The normalized spacial score (nSPS) is 15.8. The molecule has 1 aromatic carbocycles. The van der Waals surface area contributed by atoms with E-state index in [1.54, 1.807) is 0 Å². The quantitative estimate of drug-likeness (QED) is 0.747. The summed E-state index contributed by atoms with van der Waals surface area (Å²) in [6.07, 6.45) is 6.70. The molecule has 2 rings (SSSR count). The SMILES string of the molecule is Cc1cc(C2=CCC=C(N)C(Cl)=C2)ccc1N. The predicted molar refractivity (Wildman–Crippen MR) is 74.4 cm³/mol. The van der Waals surface area contributed by atoms with E-state index in [-0.39, 0.29) is 0 Å². The van der Waals surface area contributed by atoms with Gasteiger partial charge in [0.15, 0.2) is 0 Å². The topological polar surface area (TPSA) is 52.0 Å². The van der Waals surface area contributed by atoms with Gasteiger partial charge >= 0.3 is 0 Å². The van der Waals surface area contributed by atoms with Crippen molar-refractivity contribution in [3.63, 3.8) is 0 Å². The van der Waals surface area contributed by atoms with Crippen LogP contribution in [0.1, 0.15) is 17.5 Å². The highest BCUT2D eigenvalue weighted by atomic mass is 35.5. The van der Waals surface area contributed by atoms with Crippen molar-refractivity contribution in [2.45, 2.75) is 13.3 Å². The Kier molecular flexibility index (Phi) is 3.25. The summed E-state index contributed by atoms with van der Waals surface area (Å²) in [7, 11) is 0. The molecule has 0 heterocycles. The zero-order valence-corrected chi connectivity index (χ0v) is 10.5. The van der Waals surface area contributed by atoms with E-state index in [1.807, 2.05) is 31.2 Å². The molecule has 88 valence electrons. The first kappa shape index (κ1) is 11.8. The van der Waals surface area contributed by atoms with Crippen molar-refractivity contribution in [3.8, 4) is 0 Å². The van der Waals surface area contributed by atoms with Crippen LogP contribution in [0.2, 0.25) is 0 Å². The molecule has 1 aliphatic rings. The number of aryl methyl sites for hydroxylation is 1. The lowest BCUT2D eigenvalue weighted by Crippen LogP contribution is -1.95. The smallest absolute Gasteiger partial charge is 0.0638 e. The Labute approximate surface area is 106 Å². The first-order valence-corrected chi connectivity index (χ1v) is 5.85. The van der Waals surface area contributed by atoms with E-state index < -0.39 is 0 Å². The van der Waals surface area contributed by atoms with Gasteiger partial charge in [0.1, 0.15) is 0 Å². The van der Waals surface area contributed by atoms with Crippen molar-refractivity contribution in [2.24, 2.45) is 5.73 Å². The second kappa shape index (κ2) is 4.68. The van der Waals surface area contributed by atoms with Gasteiger partial charge in [0.05, 0.1) is 5.03 Å². The summed E-state index contributed by atoms with van der Waals surface area (Å²) in [5.41, 5.74) is 16.3. The lowest BCUT2D eigenvalue weighted by molar-refractivity contribution is 1.30. The highest BCUT2D eigenvalue weighted by Gasteiger charge is 2.06. The molecule has 1 aromatic rings. The van der Waals surface area contributed by atoms with E-state index in [9.17, 15) is 0 Å². The Hall–Kier alpha value is -1.67. The first-order chi connectivity index (χ1) is 8.08. The van der Waals surface area contributed by atoms with Gasteiger partial charge in [-0.05, 0) is 48.3 Å². The number of nitrogens with two attached hydrogens (primary N) is 2. The van der Waals surface area contributed by atoms with Gasteiger partial charge in [-0.3, -0.25) is 0 Å². The number of halogens is 1. The summed E-state index contributed by atoms with van der Waals surface area (Å²) in [6.45, 7) is 1.99. The average molecular weight is 247 g/mol. The van der Waals surface area contributed by atoms with Gasteiger partial charge in [-0.25, -0.2) is 0 Å². The van der Waals surface area contributed by atoms with Crippen molar-refractivity contribution >= 4 is 22.9 Å². The molecule has 0 aliphatic heterocycles. The van der Waals surface area contributed by atoms with Crippen LogP contribution in [0.4, 0.5) is 5.69 Å². The molecule has 0 bridgehead atoms. The maximum atomic E-state index is 6.09. The summed E-state index contributed by atoms with van der Waals surface area (Å²) in [5.74, 6) is 0. The van der Waals surface area contributed by atoms with E-state index in [1.165, 1.54) is 0 Å². The number of hydrogen-bond donors (Lipinski definition) is 2. The molecule has 0 spiro atoms. The minimum Gasteiger partial charge on any atom is -0.399 e. The van der Waals surface area contributed by atoms with Crippen LogP contribution in [-0.4, -0.2) is 0 Å². The third-order valence-corrected chi connectivity index (χ3v) is 3.16. The zero-order chi connectivity index (χ0) is 12.4. The minimum atomic E-state index is 0.586. The predicted octanol–water partition coefficient (Wildman–Crippen LogP) is 3.33. The fourth-order valence-electron chi connectivity index (χ4n) is 1.75. The molecule has 0 saturated heterocycles. The van der Waals surface area contributed by atoms with Crippen LogP contribution in [0.5, 0.6) is 0 Å². The Morgan fingerprint density at radius 3 is 2.65 bits per heavy atom. The van der Waals surface area contributed by atoms with Crippen LogP contribution in [0, 0.1) is 6.92 Å². The monoisotopic (exact) mass is 246 g/mol. The fraction of sp³-hybridized carbons (Fsp3) is 0.143. The molecule has 2 nitrogen and oxygen atoms in total. The standard InChI is InChI=1S/C14H15ClN2/c1-9-7-11(5-6-13(9)16)10-3-2-4-14(17)12(15)8-10/h3-8H,2,16-17H2,1H3. The van der Waals surface area contributed by atoms with Crippen LogP contribution in [-0.2, 0) is 0 Å². The maximum Gasteiger partial charge on any atom is 0.0638 e. The van der Waals surface area contributed by atoms with Crippen molar-refractivity contribution in [1.82, 2.24) is 0 Å². The van der Waals surface area contributed by atoms with Gasteiger partial charge in [0, 0.05) is 11.4 Å². The molecule has 1 aliphatic carbocycles. The highest BCUT2D eigenvalue weighted by molar-refractivity contribution is 6.32. The lowest BCUT2D eigenvalue weighted by atomic mass is 10.0. The molecule has 3 heteroatoms. The largest absolute Gasteiger partial charge is 0.399 e. The molecule has 4 N–H and O–H groups in total. The molecular weight excluding hydrogens is 232 g/mol. The van der Waals surface area contributed by atoms with Gasteiger partial charge in [-0.1, -0.05) is 29.8 Å². The van der Waals surface area contributed by atoms with Crippen molar-refractivity contribution in [1.29, 1.82) is 0 Å². The van der Waals surface area contributed by atoms with Crippen LogP contribution in [0.3, 0.4) is 0 Å². The summed E-state index contributed by atoms with van der Waals surface area (Å²) in [4.78, 5) is 0. The fourth-order valence-corrected chi connectivity index (χ4v) is 1.94. The van der Waals surface area contributed by atoms with Crippen LogP contribution >= 0.6 is 11.6 Å². The van der Waals surface area contributed by atoms with Crippen molar-refractivity contribution in [3.05, 3.63) is 58.3 Å². The molecule has 0 amide bonds. The summed E-state index contributed by atoms with van der Waals surface area (Å²) in [6, 6.07) is 5.97. The van der Waals surface area contributed by atoms with Crippen LogP contribution in [0.15, 0.2) is 47.2 Å². The lowest BCUT2D eigenvalue weighted by Gasteiger charge is -2.06. The number of anilines is 1. The minimum absolute atomic E-state index is 0.586. The summed E-state index contributed by atoms with van der Waals surface area (Å²) in [5, 5.41) is 0.586. The van der Waals surface area contributed by atoms with E-state index in [0.717, 1.165) is 28.8 Å².